The number of hydrogen-bond donors (Lipinski definition) is 1. The van der Waals surface area contributed by atoms with Crippen LogP contribution in [0.15, 0.2) is 104 Å². The van der Waals surface area contributed by atoms with E-state index in [4.69, 9.17) is 5.10 Å². The molecule has 6 nitrogen and oxygen atoms in total. The largest absolute Gasteiger partial charge is 0.333 e. The Bertz CT molecular complexity index is 1280. The molecule has 1 N–H and O–H groups in total. The van der Waals surface area contributed by atoms with Crippen LogP contribution in [0.3, 0.4) is 0 Å². The molecule has 0 amide bonds. The van der Waals surface area contributed by atoms with E-state index in [-0.39, 0.29) is 0 Å². The molecule has 5 rings (SSSR count). The molecule has 0 unspecified atom stereocenters. The quantitative estimate of drug-likeness (QED) is 0.370. The molecule has 2 aromatic carbocycles. The molecule has 6 heteroatoms. The lowest BCUT2D eigenvalue weighted by molar-refractivity contribution is 0.672. The summed E-state index contributed by atoms with van der Waals surface area (Å²) in [6, 6.07) is 23.0. The molecule has 0 spiro atoms. The second kappa shape index (κ2) is 10.1. The number of rotatable bonds is 9. The predicted molar refractivity (Wildman–Crippen MR) is 129 cm³/mol. The lowest BCUT2D eigenvalue weighted by Crippen LogP contribution is -2.15. The van der Waals surface area contributed by atoms with Crippen LogP contribution in [-0.4, -0.2) is 24.3 Å². The summed E-state index contributed by atoms with van der Waals surface area (Å²) in [7, 11) is 0. The van der Waals surface area contributed by atoms with Crippen molar-refractivity contribution in [1.82, 2.24) is 29.6 Å². The van der Waals surface area contributed by atoms with Gasteiger partial charge in [0.25, 0.3) is 0 Å². The van der Waals surface area contributed by atoms with E-state index in [0.29, 0.717) is 0 Å². The first kappa shape index (κ1) is 20.8. The highest BCUT2D eigenvalue weighted by molar-refractivity contribution is 5.61. The molecule has 5 aromatic rings. The first-order valence-electron chi connectivity index (χ1n) is 11.1. The van der Waals surface area contributed by atoms with Crippen molar-refractivity contribution in [3.05, 3.63) is 126 Å². The van der Waals surface area contributed by atoms with E-state index < -0.39 is 0 Å². The molecule has 164 valence electrons. The number of pyridine rings is 1. The highest BCUT2D eigenvalue weighted by Gasteiger charge is 2.12. The molecule has 0 aliphatic rings. The molecule has 0 radical (unpaired) electrons. The Hall–Kier alpha value is -4.03. The summed E-state index contributed by atoms with van der Waals surface area (Å²) in [5.74, 6) is 0. The van der Waals surface area contributed by atoms with Gasteiger partial charge in [0.1, 0.15) is 0 Å². The fourth-order valence-corrected chi connectivity index (χ4v) is 3.98. The second-order valence-corrected chi connectivity index (χ2v) is 8.04. The summed E-state index contributed by atoms with van der Waals surface area (Å²) >= 11 is 0. The summed E-state index contributed by atoms with van der Waals surface area (Å²) in [6.45, 7) is 3.05. The molecule has 0 atom stereocenters. The van der Waals surface area contributed by atoms with Crippen LogP contribution in [0.2, 0.25) is 0 Å². The van der Waals surface area contributed by atoms with Gasteiger partial charge >= 0.3 is 0 Å². The third kappa shape index (κ3) is 5.25. The third-order valence-corrected chi connectivity index (χ3v) is 5.62. The Morgan fingerprint density at radius 3 is 2.33 bits per heavy atom. The molecule has 0 aliphatic heterocycles. The lowest BCUT2D eigenvalue weighted by atomic mass is 10.1. The van der Waals surface area contributed by atoms with E-state index in [0.717, 1.165) is 43.0 Å². The van der Waals surface area contributed by atoms with Crippen LogP contribution in [0.5, 0.6) is 0 Å². The van der Waals surface area contributed by atoms with Crippen LogP contribution >= 0.6 is 0 Å². The minimum absolute atomic E-state index is 0.721. The van der Waals surface area contributed by atoms with Crippen molar-refractivity contribution < 1.29 is 0 Å². The molecule has 0 fully saturated rings. The van der Waals surface area contributed by atoms with Gasteiger partial charge in [-0.25, -0.2) is 4.98 Å². The van der Waals surface area contributed by atoms with Gasteiger partial charge in [-0.1, -0.05) is 54.6 Å². The van der Waals surface area contributed by atoms with Crippen LogP contribution in [0.4, 0.5) is 0 Å². The normalized spacial score (nSPS) is 11.0. The Labute approximate surface area is 193 Å². The van der Waals surface area contributed by atoms with E-state index in [1.54, 1.807) is 6.20 Å². The van der Waals surface area contributed by atoms with Crippen LogP contribution in [0.25, 0.3) is 11.3 Å². The van der Waals surface area contributed by atoms with Gasteiger partial charge in [-0.05, 0) is 28.8 Å². The van der Waals surface area contributed by atoms with Gasteiger partial charge in [-0.2, -0.15) is 5.10 Å². The van der Waals surface area contributed by atoms with Crippen LogP contribution < -0.4 is 5.32 Å². The zero-order valence-electron chi connectivity index (χ0n) is 18.4. The standard InChI is InChI=1S/C27H26N6/c1-2-7-22(8-3-1)18-33-20-26(27(31-33)24-11-6-12-28-16-24)17-30-15-23-9-4-5-10-25(23)19-32-14-13-29-21-32/h1-14,16,20-21,30H,15,17-19H2. The van der Waals surface area contributed by atoms with Gasteiger partial charge in [-0.3, -0.25) is 9.67 Å². The molecule has 3 aromatic heterocycles. The highest BCUT2D eigenvalue weighted by Crippen LogP contribution is 2.22. The highest BCUT2D eigenvalue weighted by atomic mass is 15.3. The van der Waals surface area contributed by atoms with Crippen molar-refractivity contribution >= 4 is 0 Å². The van der Waals surface area contributed by atoms with E-state index in [9.17, 15) is 0 Å². The topological polar surface area (TPSA) is 60.6 Å². The van der Waals surface area contributed by atoms with Crippen LogP contribution in [-0.2, 0) is 26.2 Å². The maximum absolute atomic E-state index is 4.90. The zero-order chi connectivity index (χ0) is 22.3. The van der Waals surface area contributed by atoms with Crippen LogP contribution in [0, 0.1) is 0 Å². The van der Waals surface area contributed by atoms with Gasteiger partial charge in [-0.15, -0.1) is 0 Å². The fourth-order valence-electron chi connectivity index (χ4n) is 3.98. The molecular formula is C27H26N6. The first-order chi connectivity index (χ1) is 16.3. The summed E-state index contributed by atoms with van der Waals surface area (Å²) in [4.78, 5) is 8.45. The van der Waals surface area contributed by atoms with Crippen molar-refractivity contribution in [1.29, 1.82) is 0 Å². The van der Waals surface area contributed by atoms with Gasteiger partial charge in [0.15, 0.2) is 0 Å². The minimum atomic E-state index is 0.721. The number of benzene rings is 2. The van der Waals surface area contributed by atoms with Crippen molar-refractivity contribution in [3.8, 4) is 11.3 Å². The third-order valence-electron chi connectivity index (χ3n) is 5.62. The summed E-state index contributed by atoms with van der Waals surface area (Å²) < 4.78 is 4.11. The van der Waals surface area contributed by atoms with E-state index in [2.05, 4.69) is 80.6 Å². The van der Waals surface area contributed by atoms with Gasteiger partial charge in [0.2, 0.25) is 0 Å². The minimum Gasteiger partial charge on any atom is -0.333 e. The molecule has 0 saturated carbocycles. The smallest absolute Gasteiger partial charge is 0.0983 e. The molecule has 0 aliphatic carbocycles. The average Bonchev–Trinajstić information content (AvgIpc) is 3.51. The Balaban J connectivity index is 1.33. The SMILES string of the molecule is c1ccc(Cn2cc(CNCc3ccccc3Cn3ccnc3)c(-c3cccnc3)n2)cc1. The van der Waals surface area contributed by atoms with Crippen molar-refractivity contribution in [2.45, 2.75) is 26.2 Å². The molecule has 0 bridgehead atoms. The number of nitrogens with one attached hydrogen (secondary N) is 1. The number of nitrogens with zero attached hydrogens (tertiary/aromatic N) is 5. The number of aromatic nitrogens is 5. The van der Waals surface area contributed by atoms with Crippen LogP contribution in [0.1, 0.15) is 22.3 Å². The maximum atomic E-state index is 4.90. The lowest BCUT2D eigenvalue weighted by Gasteiger charge is -2.11. The van der Waals surface area contributed by atoms with Crippen molar-refractivity contribution in [3.63, 3.8) is 0 Å². The van der Waals surface area contributed by atoms with Crippen molar-refractivity contribution in [2.75, 3.05) is 0 Å². The first-order valence-corrected chi connectivity index (χ1v) is 11.1. The molecule has 0 saturated heterocycles. The number of imidazole rings is 1. The predicted octanol–water partition coefficient (Wildman–Crippen LogP) is 4.53. The average molecular weight is 435 g/mol. The van der Waals surface area contributed by atoms with Gasteiger partial charge in [0.05, 0.1) is 18.6 Å². The summed E-state index contributed by atoms with van der Waals surface area (Å²) in [5, 5.41) is 8.52. The number of hydrogen-bond acceptors (Lipinski definition) is 4. The summed E-state index contributed by atoms with van der Waals surface area (Å²) in [6.07, 6.45) is 11.5. The fraction of sp³-hybridized carbons (Fsp3) is 0.148. The maximum Gasteiger partial charge on any atom is 0.0983 e. The monoisotopic (exact) mass is 434 g/mol. The zero-order valence-corrected chi connectivity index (χ0v) is 18.4. The van der Waals surface area contributed by atoms with E-state index in [1.807, 2.05) is 41.7 Å². The van der Waals surface area contributed by atoms with Crippen molar-refractivity contribution in [2.24, 2.45) is 0 Å². The van der Waals surface area contributed by atoms with E-state index >= 15 is 0 Å². The van der Waals surface area contributed by atoms with Gasteiger partial charge < -0.3 is 9.88 Å². The second-order valence-electron chi connectivity index (χ2n) is 8.04. The molecule has 33 heavy (non-hydrogen) atoms. The summed E-state index contributed by atoms with van der Waals surface area (Å²) in [5.41, 5.74) is 6.96. The van der Waals surface area contributed by atoms with Gasteiger partial charge in [0, 0.05) is 61.7 Å². The Morgan fingerprint density at radius 1 is 0.727 bits per heavy atom. The molecule has 3 heterocycles. The van der Waals surface area contributed by atoms with E-state index in [1.165, 1.54) is 16.7 Å². The molecular weight excluding hydrogens is 408 g/mol. The Morgan fingerprint density at radius 2 is 1.55 bits per heavy atom. The Kier molecular flexibility index (Phi) is 6.36.